The predicted octanol–water partition coefficient (Wildman–Crippen LogP) is 2.53. The van der Waals surface area contributed by atoms with E-state index in [1.165, 1.54) is 12.1 Å². The van der Waals surface area contributed by atoms with Gasteiger partial charge in [-0.05, 0) is 36.9 Å². The fourth-order valence-corrected chi connectivity index (χ4v) is 1.69. The first kappa shape index (κ1) is 10.8. The largest absolute Gasteiger partial charge is 0.308 e. The Morgan fingerprint density at radius 2 is 1.88 bits per heavy atom. The van der Waals surface area contributed by atoms with Gasteiger partial charge >= 0.3 is 0 Å². The molecule has 1 aromatic carbocycles. The van der Waals surface area contributed by atoms with Gasteiger partial charge in [-0.25, -0.2) is 4.39 Å². The maximum atomic E-state index is 12.8. The van der Waals surface area contributed by atoms with E-state index in [9.17, 15) is 4.39 Å². The predicted molar refractivity (Wildman–Crippen MR) is 61.5 cm³/mol. The van der Waals surface area contributed by atoms with Crippen molar-refractivity contribution in [1.29, 1.82) is 0 Å². The summed E-state index contributed by atoms with van der Waals surface area (Å²) in [5, 5.41) is 3.17. The molecule has 0 fully saturated rings. The molecular formula is C13H13FN2. The number of nitrogens with zero attached hydrogens (tertiary/aromatic N) is 1. The molecule has 0 aliphatic rings. The van der Waals surface area contributed by atoms with Crippen LogP contribution >= 0.6 is 0 Å². The smallest absolute Gasteiger partial charge is 0.123 e. The summed E-state index contributed by atoms with van der Waals surface area (Å²) in [6.45, 7) is 0. The summed E-state index contributed by atoms with van der Waals surface area (Å²) in [5.41, 5.74) is 1.93. The number of hydrogen-bond acceptors (Lipinski definition) is 2. The van der Waals surface area contributed by atoms with Crippen LogP contribution in [-0.4, -0.2) is 12.0 Å². The standard InChI is InChI=1S/C13H13FN2/c1-15-13(12-4-2-3-9-16-12)10-5-7-11(14)8-6-10/h2-9,13,15H,1H3/t13-/m0/s1. The van der Waals surface area contributed by atoms with Crippen molar-refractivity contribution >= 4 is 0 Å². The Hall–Kier alpha value is -1.74. The molecule has 1 atom stereocenters. The zero-order valence-corrected chi connectivity index (χ0v) is 9.02. The molecule has 0 amide bonds. The SMILES string of the molecule is CN[C@@H](c1ccc(F)cc1)c1ccccn1. The monoisotopic (exact) mass is 216 g/mol. The molecule has 0 aliphatic heterocycles. The van der Waals surface area contributed by atoms with Crippen LogP contribution in [0, 0.1) is 5.82 Å². The highest BCUT2D eigenvalue weighted by molar-refractivity contribution is 5.27. The lowest BCUT2D eigenvalue weighted by atomic mass is 10.0. The first-order valence-electron chi connectivity index (χ1n) is 5.15. The maximum absolute atomic E-state index is 12.8. The first-order chi connectivity index (χ1) is 7.81. The molecule has 82 valence electrons. The van der Waals surface area contributed by atoms with Gasteiger partial charge in [0, 0.05) is 6.20 Å². The third-order valence-corrected chi connectivity index (χ3v) is 2.48. The summed E-state index contributed by atoms with van der Waals surface area (Å²) in [4.78, 5) is 4.29. The van der Waals surface area contributed by atoms with E-state index < -0.39 is 0 Å². The van der Waals surface area contributed by atoms with E-state index >= 15 is 0 Å². The number of aromatic nitrogens is 1. The van der Waals surface area contributed by atoms with Crippen molar-refractivity contribution in [3.8, 4) is 0 Å². The fraction of sp³-hybridized carbons (Fsp3) is 0.154. The first-order valence-corrected chi connectivity index (χ1v) is 5.15. The minimum atomic E-state index is -0.223. The van der Waals surface area contributed by atoms with E-state index in [0.717, 1.165) is 11.3 Å². The van der Waals surface area contributed by atoms with E-state index in [0.29, 0.717) is 0 Å². The zero-order chi connectivity index (χ0) is 11.4. The Kier molecular flexibility index (Phi) is 3.27. The van der Waals surface area contributed by atoms with E-state index in [2.05, 4.69) is 10.3 Å². The molecule has 1 heterocycles. The quantitative estimate of drug-likeness (QED) is 0.852. The van der Waals surface area contributed by atoms with E-state index in [-0.39, 0.29) is 11.9 Å². The molecule has 0 spiro atoms. The number of nitrogens with one attached hydrogen (secondary N) is 1. The van der Waals surface area contributed by atoms with Crippen LogP contribution in [0.25, 0.3) is 0 Å². The second-order valence-electron chi connectivity index (χ2n) is 3.53. The minimum Gasteiger partial charge on any atom is -0.308 e. The normalized spacial score (nSPS) is 12.4. The van der Waals surface area contributed by atoms with Crippen molar-refractivity contribution in [2.45, 2.75) is 6.04 Å². The van der Waals surface area contributed by atoms with Crippen LogP contribution in [0.2, 0.25) is 0 Å². The number of hydrogen-bond donors (Lipinski definition) is 1. The maximum Gasteiger partial charge on any atom is 0.123 e. The highest BCUT2D eigenvalue weighted by Crippen LogP contribution is 2.19. The summed E-state index contributed by atoms with van der Waals surface area (Å²) >= 11 is 0. The lowest BCUT2D eigenvalue weighted by Crippen LogP contribution is -2.18. The Balaban J connectivity index is 2.33. The van der Waals surface area contributed by atoms with Gasteiger partial charge in [0.05, 0.1) is 11.7 Å². The van der Waals surface area contributed by atoms with Gasteiger partial charge in [-0.1, -0.05) is 18.2 Å². The van der Waals surface area contributed by atoms with Crippen molar-refractivity contribution in [2.24, 2.45) is 0 Å². The Morgan fingerprint density at radius 3 is 2.44 bits per heavy atom. The summed E-state index contributed by atoms with van der Waals surface area (Å²) in [5.74, 6) is -0.223. The molecule has 0 radical (unpaired) electrons. The fourth-order valence-electron chi connectivity index (χ4n) is 1.69. The highest BCUT2D eigenvalue weighted by Gasteiger charge is 2.12. The lowest BCUT2D eigenvalue weighted by molar-refractivity contribution is 0.622. The zero-order valence-electron chi connectivity index (χ0n) is 9.02. The molecule has 2 nitrogen and oxygen atoms in total. The van der Waals surface area contributed by atoms with Crippen LogP contribution in [-0.2, 0) is 0 Å². The van der Waals surface area contributed by atoms with Crippen molar-refractivity contribution in [3.63, 3.8) is 0 Å². The van der Waals surface area contributed by atoms with Crippen LogP contribution < -0.4 is 5.32 Å². The van der Waals surface area contributed by atoms with Gasteiger partial charge in [-0.15, -0.1) is 0 Å². The van der Waals surface area contributed by atoms with Gasteiger partial charge in [0.1, 0.15) is 5.82 Å². The Labute approximate surface area is 94.2 Å². The summed E-state index contributed by atoms with van der Waals surface area (Å²) in [6, 6.07) is 12.2. The van der Waals surface area contributed by atoms with E-state index in [4.69, 9.17) is 0 Å². The molecule has 16 heavy (non-hydrogen) atoms. The number of rotatable bonds is 3. The van der Waals surface area contributed by atoms with Crippen LogP contribution in [0.1, 0.15) is 17.3 Å². The number of pyridine rings is 1. The molecule has 0 saturated carbocycles. The molecule has 1 N–H and O–H groups in total. The van der Waals surface area contributed by atoms with Gasteiger partial charge in [0.25, 0.3) is 0 Å². The molecule has 2 aromatic rings. The molecule has 2 rings (SSSR count). The molecular weight excluding hydrogens is 203 g/mol. The van der Waals surface area contributed by atoms with Gasteiger partial charge in [-0.2, -0.15) is 0 Å². The molecule has 1 aromatic heterocycles. The van der Waals surface area contributed by atoms with Crippen molar-refractivity contribution in [1.82, 2.24) is 10.3 Å². The molecule has 3 heteroatoms. The summed E-state index contributed by atoms with van der Waals surface area (Å²) in [6.07, 6.45) is 1.75. The molecule has 0 aliphatic carbocycles. The average molecular weight is 216 g/mol. The van der Waals surface area contributed by atoms with Gasteiger partial charge in [0.15, 0.2) is 0 Å². The van der Waals surface area contributed by atoms with Crippen LogP contribution in [0.3, 0.4) is 0 Å². The molecule has 0 saturated heterocycles. The third-order valence-electron chi connectivity index (χ3n) is 2.48. The van der Waals surface area contributed by atoms with Gasteiger partial charge < -0.3 is 5.32 Å². The average Bonchev–Trinajstić information content (AvgIpc) is 2.34. The second-order valence-corrected chi connectivity index (χ2v) is 3.53. The number of benzene rings is 1. The number of halogens is 1. The van der Waals surface area contributed by atoms with Crippen molar-refractivity contribution in [2.75, 3.05) is 7.05 Å². The highest BCUT2D eigenvalue weighted by atomic mass is 19.1. The van der Waals surface area contributed by atoms with Crippen LogP contribution in [0.5, 0.6) is 0 Å². The molecule has 0 unspecified atom stereocenters. The summed E-state index contributed by atoms with van der Waals surface area (Å²) < 4.78 is 12.8. The van der Waals surface area contributed by atoms with Crippen LogP contribution in [0.15, 0.2) is 48.7 Å². The summed E-state index contributed by atoms with van der Waals surface area (Å²) in [7, 11) is 1.86. The second kappa shape index (κ2) is 4.86. The van der Waals surface area contributed by atoms with E-state index in [1.54, 1.807) is 18.3 Å². The van der Waals surface area contributed by atoms with Crippen molar-refractivity contribution in [3.05, 3.63) is 65.7 Å². The Bertz CT molecular complexity index is 439. The van der Waals surface area contributed by atoms with Gasteiger partial charge in [-0.3, -0.25) is 4.98 Å². The third kappa shape index (κ3) is 2.25. The lowest BCUT2D eigenvalue weighted by Gasteiger charge is -2.15. The van der Waals surface area contributed by atoms with Gasteiger partial charge in [0.2, 0.25) is 0 Å². The van der Waals surface area contributed by atoms with Crippen molar-refractivity contribution < 1.29 is 4.39 Å². The Morgan fingerprint density at radius 1 is 1.12 bits per heavy atom. The van der Waals surface area contributed by atoms with E-state index in [1.807, 2.05) is 25.2 Å². The minimum absolute atomic E-state index is 0.00167. The van der Waals surface area contributed by atoms with Crippen LogP contribution in [0.4, 0.5) is 4.39 Å². The molecule has 0 bridgehead atoms. The topological polar surface area (TPSA) is 24.9 Å².